The lowest BCUT2D eigenvalue weighted by atomic mass is 10.0. The minimum atomic E-state index is 0.199. The van der Waals surface area contributed by atoms with Crippen molar-refractivity contribution >= 4 is 5.91 Å². The zero-order valence-electron chi connectivity index (χ0n) is 9.61. The predicted octanol–water partition coefficient (Wildman–Crippen LogP) is 1.24. The SMILES string of the molecule is CN(Cc1ccco1)C(=O)CC1CCNC1. The molecule has 1 aromatic heterocycles. The van der Waals surface area contributed by atoms with E-state index in [0.29, 0.717) is 18.9 Å². The third kappa shape index (κ3) is 2.85. The average Bonchev–Trinajstić information content (AvgIpc) is 2.90. The monoisotopic (exact) mass is 222 g/mol. The second kappa shape index (κ2) is 5.16. The summed E-state index contributed by atoms with van der Waals surface area (Å²) in [6.45, 7) is 2.58. The number of amides is 1. The Bertz CT molecular complexity index is 329. The van der Waals surface area contributed by atoms with Crippen molar-refractivity contribution in [3.63, 3.8) is 0 Å². The van der Waals surface area contributed by atoms with Crippen LogP contribution in [0.1, 0.15) is 18.6 Å². The Morgan fingerprint density at radius 1 is 1.69 bits per heavy atom. The summed E-state index contributed by atoms with van der Waals surface area (Å²) in [6.07, 6.45) is 3.39. The van der Waals surface area contributed by atoms with Crippen LogP contribution < -0.4 is 5.32 Å². The molecule has 0 spiro atoms. The zero-order chi connectivity index (χ0) is 11.4. The normalized spacial score (nSPS) is 19.9. The molecule has 1 aliphatic rings. The summed E-state index contributed by atoms with van der Waals surface area (Å²) in [6, 6.07) is 3.73. The topological polar surface area (TPSA) is 45.5 Å². The number of furan rings is 1. The lowest BCUT2D eigenvalue weighted by molar-refractivity contribution is -0.131. The maximum Gasteiger partial charge on any atom is 0.223 e. The highest BCUT2D eigenvalue weighted by molar-refractivity contribution is 5.76. The van der Waals surface area contributed by atoms with Crippen molar-refractivity contribution in [2.45, 2.75) is 19.4 Å². The molecule has 4 heteroatoms. The van der Waals surface area contributed by atoms with E-state index >= 15 is 0 Å². The molecule has 0 radical (unpaired) electrons. The van der Waals surface area contributed by atoms with Crippen molar-refractivity contribution in [1.82, 2.24) is 10.2 Å². The highest BCUT2D eigenvalue weighted by Gasteiger charge is 2.20. The molecule has 0 aliphatic carbocycles. The van der Waals surface area contributed by atoms with Crippen molar-refractivity contribution in [3.05, 3.63) is 24.2 Å². The van der Waals surface area contributed by atoms with Crippen LogP contribution in [0.15, 0.2) is 22.8 Å². The van der Waals surface area contributed by atoms with E-state index in [1.165, 1.54) is 0 Å². The molecule has 16 heavy (non-hydrogen) atoms. The van der Waals surface area contributed by atoms with Crippen LogP contribution in [0.3, 0.4) is 0 Å². The molecule has 1 saturated heterocycles. The average molecular weight is 222 g/mol. The molecular formula is C12H18N2O2. The van der Waals surface area contributed by atoms with E-state index < -0.39 is 0 Å². The lowest BCUT2D eigenvalue weighted by Crippen LogP contribution is -2.28. The van der Waals surface area contributed by atoms with Crippen LogP contribution in [-0.4, -0.2) is 30.9 Å². The van der Waals surface area contributed by atoms with Crippen LogP contribution >= 0.6 is 0 Å². The Hall–Kier alpha value is -1.29. The van der Waals surface area contributed by atoms with Gasteiger partial charge in [0.2, 0.25) is 5.91 Å². The first kappa shape index (κ1) is 11.2. The molecule has 0 saturated carbocycles. The molecule has 1 amide bonds. The second-order valence-electron chi connectivity index (χ2n) is 4.39. The molecule has 2 rings (SSSR count). The molecular weight excluding hydrogens is 204 g/mol. The van der Waals surface area contributed by atoms with Crippen molar-refractivity contribution in [2.75, 3.05) is 20.1 Å². The van der Waals surface area contributed by atoms with E-state index in [4.69, 9.17) is 4.42 Å². The van der Waals surface area contributed by atoms with E-state index in [9.17, 15) is 4.79 Å². The lowest BCUT2D eigenvalue weighted by Gasteiger charge is -2.17. The van der Waals surface area contributed by atoms with Crippen molar-refractivity contribution < 1.29 is 9.21 Å². The Kier molecular flexibility index (Phi) is 3.62. The van der Waals surface area contributed by atoms with Gasteiger partial charge in [-0.1, -0.05) is 0 Å². The van der Waals surface area contributed by atoms with Gasteiger partial charge >= 0.3 is 0 Å². The van der Waals surface area contributed by atoms with Gasteiger partial charge in [-0.15, -0.1) is 0 Å². The van der Waals surface area contributed by atoms with Gasteiger partial charge in [0, 0.05) is 13.5 Å². The van der Waals surface area contributed by atoms with E-state index in [2.05, 4.69) is 5.32 Å². The van der Waals surface area contributed by atoms with E-state index in [1.807, 2.05) is 19.2 Å². The van der Waals surface area contributed by atoms with Gasteiger partial charge in [0.05, 0.1) is 12.8 Å². The molecule has 1 fully saturated rings. The minimum absolute atomic E-state index is 0.199. The van der Waals surface area contributed by atoms with E-state index in [1.54, 1.807) is 11.2 Å². The first-order valence-electron chi connectivity index (χ1n) is 5.73. The van der Waals surface area contributed by atoms with E-state index in [-0.39, 0.29) is 5.91 Å². The first-order valence-corrected chi connectivity index (χ1v) is 5.73. The molecule has 0 aromatic carbocycles. The molecule has 4 nitrogen and oxygen atoms in total. The number of carbonyl (C=O) groups is 1. The van der Waals surface area contributed by atoms with E-state index in [0.717, 1.165) is 25.3 Å². The summed E-state index contributed by atoms with van der Waals surface area (Å²) in [5, 5.41) is 3.27. The number of carbonyl (C=O) groups excluding carboxylic acids is 1. The van der Waals surface area contributed by atoms with Crippen LogP contribution in [0.2, 0.25) is 0 Å². The molecule has 1 aromatic rings. The zero-order valence-corrected chi connectivity index (χ0v) is 9.61. The van der Waals surface area contributed by atoms with Gasteiger partial charge < -0.3 is 14.6 Å². The number of nitrogens with one attached hydrogen (secondary N) is 1. The molecule has 1 atom stereocenters. The summed E-state index contributed by atoms with van der Waals surface area (Å²) in [7, 11) is 1.83. The van der Waals surface area contributed by atoms with Crippen molar-refractivity contribution in [2.24, 2.45) is 5.92 Å². The summed E-state index contributed by atoms with van der Waals surface area (Å²) < 4.78 is 5.22. The van der Waals surface area contributed by atoms with Gasteiger partial charge in [-0.2, -0.15) is 0 Å². The maximum atomic E-state index is 11.9. The Balaban J connectivity index is 1.79. The van der Waals surface area contributed by atoms with Gasteiger partial charge in [0.25, 0.3) is 0 Å². The quantitative estimate of drug-likeness (QED) is 0.833. The first-order chi connectivity index (χ1) is 7.75. The fourth-order valence-electron chi connectivity index (χ4n) is 2.02. The Morgan fingerprint density at radius 2 is 2.56 bits per heavy atom. The third-order valence-corrected chi connectivity index (χ3v) is 3.02. The predicted molar refractivity (Wildman–Crippen MR) is 60.8 cm³/mol. The Labute approximate surface area is 95.6 Å². The summed E-state index contributed by atoms with van der Waals surface area (Å²) in [5.74, 6) is 1.54. The van der Waals surface area contributed by atoms with Crippen molar-refractivity contribution in [3.8, 4) is 0 Å². The van der Waals surface area contributed by atoms with Crippen LogP contribution in [-0.2, 0) is 11.3 Å². The number of hydrogen-bond acceptors (Lipinski definition) is 3. The maximum absolute atomic E-state index is 11.9. The van der Waals surface area contributed by atoms with Gasteiger partial charge in [0.1, 0.15) is 5.76 Å². The molecule has 1 N–H and O–H groups in total. The van der Waals surface area contributed by atoms with Crippen LogP contribution in [0.25, 0.3) is 0 Å². The largest absolute Gasteiger partial charge is 0.467 e. The smallest absolute Gasteiger partial charge is 0.223 e. The van der Waals surface area contributed by atoms with Gasteiger partial charge in [-0.25, -0.2) is 0 Å². The molecule has 88 valence electrons. The summed E-state index contributed by atoms with van der Waals surface area (Å²) in [5.41, 5.74) is 0. The van der Waals surface area contributed by atoms with Gasteiger partial charge in [0.15, 0.2) is 0 Å². The Morgan fingerprint density at radius 3 is 3.19 bits per heavy atom. The molecule has 2 heterocycles. The highest BCUT2D eigenvalue weighted by Crippen LogP contribution is 2.14. The molecule has 1 aliphatic heterocycles. The minimum Gasteiger partial charge on any atom is -0.467 e. The molecule has 1 unspecified atom stereocenters. The number of nitrogens with zero attached hydrogens (tertiary/aromatic N) is 1. The van der Waals surface area contributed by atoms with Gasteiger partial charge in [-0.3, -0.25) is 4.79 Å². The summed E-state index contributed by atoms with van der Waals surface area (Å²) >= 11 is 0. The highest BCUT2D eigenvalue weighted by atomic mass is 16.3. The van der Waals surface area contributed by atoms with Gasteiger partial charge in [-0.05, 0) is 37.6 Å². The number of hydrogen-bond donors (Lipinski definition) is 1. The van der Waals surface area contributed by atoms with Crippen LogP contribution in [0, 0.1) is 5.92 Å². The fourth-order valence-corrected chi connectivity index (χ4v) is 2.02. The summed E-state index contributed by atoms with van der Waals surface area (Å²) in [4.78, 5) is 13.6. The third-order valence-electron chi connectivity index (χ3n) is 3.02. The molecule has 0 bridgehead atoms. The van der Waals surface area contributed by atoms with Crippen molar-refractivity contribution in [1.29, 1.82) is 0 Å². The van der Waals surface area contributed by atoms with Crippen LogP contribution in [0.4, 0.5) is 0 Å². The number of rotatable bonds is 4. The standard InChI is InChI=1S/C12H18N2O2/c1-14(9-11-3-2-6-16-11)12(15)7-10-4-5-13-8-10/h2-3,6,10,13H,4-5,7-9H2,1H3. The second-order valence-corrected chi connectivity index (χ2v) is 4.39. The van der Waals surface area contributed by atoms with Crippen LogP contribution in [0.5, 0.6) is 0 Å². The fraction of sp³-hybridized carbons (Fsp3) is 0.583.